The molecule has 0 saturated heterocycles. The first-order valence-corrected chi connectivity index (χ1v) is 6.58. The number of hydrogen-bond donors (Lipinski definition) is 0. The predicted octanol–water partition coefficient (Wildman–Crippen LogP) is 3.37. The maximum absolute atomic E-state index is 11.8. The van der Waals surface area contributed by atoms with Crippen LogP contribution < -0.4 is 0 Å². The first-order valence-electron chi connectivity index (χ1n) is 6.58. The third kappa shape index (κ3) is 3.43. The molecule has 0 aromatic rings. The van der Waals surface area contributed by atoms with E-state index in [9.17, 15) is 9.59 Å². The molecule has 104 valence electrons. The van der Waals surface area contributed by atoms with E-state index in [4.69, 9.17) is 4.74 Å². The Hall–Kier alpha value is -1.64. The number of ether oxygens (including phenoxy) is 1. The van der Waals surface area contributed by atoms with Crippen LogP contribution in [0.15, 0.2) is 36.5 Å². The first-order chi connectivity index (χ1) is 8.98. The fourth-order valence-electron chi connectivity index (χ4n) is 2.75. The topological polar surface area (TPSA) is 43.4 Å². The van der Waals surface area contributed by atoms with Gasteiger partial charge in [0.2, 0.25) is 0 Å². The van der Waals surface area contributed by atoms with Gasteiger partial charge in [-0.2, -0.15) is 0 Å². The third-order valence-electron chi connectivity index (χ3n) is 3.92. The number of carbonyl (C=O) groups excluding carboxylic acids is 2. The van der Waals surface area contributed by atoms with Crippen molar-refractivity contribution in [1.29, 1.82) is 0 Å². The van der Waals surface area contributed by atoms with Crippen LogP contribution in [0.3, 0.4) is 0 Å². The largest absolute Gasteiger partial charge is 0.466 e. The minimum absolute atomic E-state index is 0.0369. The number of rotatable bonds is 6. The molecular weight excluding hydrogens is 240 g/mol. The standard InChI is InChI=1S/C16H22O3/c1-5-12(17)9-11-16(3)10-7-8-13(14(16)6-2)15(18)19-4/h5-6H,1-2,7-11H2,3-4H3. The average Bonchev–Trinajstić information content (AvgIpc) is 2.43. The third-order valence-corrected chi connectivity index (χ3v) is 3.92. The number of ketones is 1. The molecule has 0 saturated carbocycles. The van der Waals surface area contributed by atoms with Crippen LogP contribution >= 0.6 is 0 Å². The van der Waals surface area contributed by atoms with Gasteiger partial charge in [0.1, 0.15) is 0 Å². The first kappa shape index (κ1) is 15.4. The molecule has 0 amide bonds. The van der Waals surface area contributed by atoms with E-state index >= 15 is 0 Å². The zero-order chi connectivity index (χ0) is 14.5. The fraction of sp³-hybridized carbons (Fsp3) is 0.500. The van der Waals surface area contributed by atoms with Crippen molar-refractivity contribution < 1.29 is 14.3 Å². The number of carbonyl (C=O) groups is 2. The summed E-state index contributed by atoms with van der Waals surface area (Å²) < 4.78 is 4.83. The second kappa shape index (κ2) is 6.50. The van der Waals surface area contributed by atoms with Gasteiger partial charge in [0, 0.05) is 12.0 Å². The lowest BCUT2D eigenvalue weighted by Crippen LogP contribution is -2.27. The van der Waals surface area contributed by atoms with Crippen molar-refractivity contribution in [2.75, 3.05) is 7.11 Å². The molecule has 0 fully saturated rings. The molecule has 3 nitrogen and oxygen atoms in total. The second-order valence-electron chi connectivity index (χ2n) is 5.17. The van der Waals surface area contributed by atoms with Gasteiger partial charge in [0.15, 0.2) is 5.78 Å². The molecule has 3 heteroatoms. The molecule has 1 unspecified atom stereocenters. The molecule has 1 atom stereocenters. The number of hydrogen-bond acceptors (Lipinski definition) is 3. The van der Waals surface area contributed by atoms with E-state index in [2.05, 4.69) is 20.1 Å². The zero-order valence-corrected chi connectivity index (χ0v) is 11.8. The highest BCUT2D eigenvalue weighted by Crippen LogP contribution is 2.44. The molecule has 1 aliphatic carbocycles. The average molecular weight is 262 g/mol. The molecule has 0 heterocycles. The summed E-state index contributed by atoms with van der Waals surface area (Å²) in [7, 11) is 1.39. The number of methoxy groups -OCH3 is 1. The van der Waals surface area contributed by atoms with Gasteiger partial charge in [-0.25, -0.2) is 4.79 Å². The van der Waals surface area contributed by atoms with Crippen LogP contribution in [0.2, 0.25) is 0 Å². The Morgan fingerprint density at radius 2 is 2.11 bits per heavy atom. The van der Waals surface area contributed by atoms with Crippen molar-refractivity contribution in [2.24, 2.45) is 5.41 Å². The molecule has 0 aromatic carbocycles. The summed E-state index contributed by atoms with van der Waals surface area (Å²) >= 11 is 0. The molecule has 0 aromatic heterocycles. The second-order valence-corrected chi connectivity index (χ2v) is 5.17. The van der Waals surface area contributed by atoms with Crippen LogP contribution in [0, 0.1) is 5.41 Å². The summed E-state index contributed by atoms with van der Waals surface area (Å²) in [6.07, 6.45) is 6.86. The number of allylic oxidation sites excluding steroid dienone is 3. The minimum atomic E-state index is -0.282. The van der Waals surface area contributed by atoms with Crippen LogP contribution in [0.25, 0.3) is 0 Å². The molecule has 19 heavy (non-hydrogen) atoms. The van der Waals surface area contributed by atoms with Gasteiger partial charge in [-0.05, 0) is 42.7 Å². The summed E-state index contributed by atoms with van der Waals surface area (Å²) in [5, 5.41) is 0. The van der Waals surface area contributed by atoms with E-state index < -0.39 is 0 Å². The molecule has 0 bridgehead atoms. The summed E-state index contributed by atoms with van der Waals surface area (Å²) in [6, 6.07) is 0. The molecule has 0 spiro atoms. The highest BCUT2D eigenvalue weighted by atomic mass is 16.5. The van der Waals surface area contributed by atoms with Crippen molar-refractivity contribution in [1.82, 2.24) is 0 Å². The van der Waals surface area contributed by atoms with Gasteiger partial charge in [-0.3, -0.25) is 4.79 Å². The lowest BCUT2D eigenvalue weighted by Gasteiger charge is -2.36. The lowest BCUT2D eigenvalue weighted by atomic mass is 9.68. The van der Waals surface area contributed by atoms with Gasteiger partial charge in [0.05, 0.1) is 7.11 Å². The maximum Gasteiger partial charge on any atom is 0.334 e. The van der Waals surface area contributed by atoms with Gasteiger partial charge in [-0.15, -0.1) is 0 Å². The SMILES string of the molecule is C=CC(=O)CCC1(C)CCCC(C(=O)OC)=C1C=C. The Kier molecular flexibility index (Phi) is 5.28. The van der Waals surface area contributed by atoms with E-state index in [1.807, 2.05) is 0 Å². The van der Waals surface area contributed by atoms with Gasteiger partial charge >= 0.3 is 5.97 Å². The van der Waals surface area contributed by atoms with Gasteiger partial charge in [0.25, 0.3) is 0 Å². The monoisotopic (exact) mass is 262 g/mol. The fourth-order valence-corrected chi connectivity index (χ4v) is 2.75. The molecule has 0 aliphatic heterocycles. The van der Waals surface area contributed by atoms with Gasteiger partial charge < -0.3 is 4.74 Å². The Bertz CT molecular complexity index is 431. The molecular formula is C16H22O3. The highest BCUT2D eigenvalue weighted by molar-refractivity contribution is 5.91. The smallest absolute Gasteiger partial charge is 0.334 e. The van der Waals surface area contributed by atoms with Crippen LogP contribution in [0.5, 0.6) is 0 Å². The van der Waals surface area contributed by atoms with Crippen LogP contribution in [0.4, 0.5) is 0 Å². The summed E-state index contributed by atoms with van der Waals surface area (Å²) in [4.78, 5) is 23.2. The maximum atomic E-state index is 11.8. The van der Waals surface area contributed by atoms with E-state index in [0.717, 1.165) is 24.8 Å². The molecule has 0 N–H and O–H groups in total. The quantitative estimate of drug-likeness (QED) is 0.544. The van der Waals surface area contributed by atoms with Crippen molar-refractivity contribution in [3.63, 3.8) is 0 Å². The molecule has 1 aliphatic rings. The molecule has 0 radical (unpaired) electrons. The van der Waals surface area contributed by atoms with Crippen LogP contribution in [-0.4, -0.2) is 18.9 Å². The van der Waals surface area contributed by atoms with E-state index in [1.54, 1.807) is 6.08 Å². The summed E-state index contributed by atoms with van der Waals surface area (Å²) in [5.74, 6) is -0.245. The van der Waals surface area contributed by atoms with Crippen molar-refractivity contribution in [3.05, 3.63) is 36.5 Å². The Labute approximate surface area is 115 Å². The van der Waals surface area contributed by atoms with E-state index in [-0.39, 0.29) is 17.2 Å². The minimum Gasteiger partial charge on any atom is -0.466 e. The van der Waals surface area contributed by atoms with Crippen molar-refractivity contribution in [3.8, 4) is 0 Å². The van der Waals surface area contributed by atoms with Crippen molar-refractivity contribution in [2.45, 2.75) is 39.0 Å². The Morgan fingerprint density at radius 3 is 2.63 bits per heavy atom. The predicted molar refractivity (Wildman–Crippen MR) is 75.6 cm³/mol. The summed E-state index contributed by atoms with van der Waals surface area (Å²) in [6.45, 7) is 9.40. The highest BCUT2D eigenvalue weighted by Gasteiger charge is 2.35. The summed E-state index contributed by atoms with van der Waals surface area (Å²) in [5.41, 5.74) is 1.46. The molecule has 1 rings (SSSR count). The Balaban J connectivity index is 3.03. The van der Waals surface area contributed by atoms with Crippen molar-refractivity contribution >= 4 is 11.8 Å². The van der Waals surface area contributed by atoms with Crippen LogP contribution in [-0.2, 0) is 14.3 Å². The van der Waals surface area contributed by atoms with Gasteiger partial charge in [-0.1, -0.05) is 26.2 Å². The van der Waals surface area contributed by atoms with E-state index in [0.29, 0.717) is 18.4 Å². The Morgan fingerprint density at radius 1 is 1.42 bits per heavy atom. The van der Waals surface area contributed by atoms with Crippen LogP contribution in [0.1, 0.15) is 39.0 Å². The lowest BCUT2D eigenvalue weighted by molar-refractivity contribution is -0.136. The number of esters is 1. The normalized spacial score (nSPS) is 22.8. The zero-order valence-electron chi connectivity index (χ0n) is 11.8. The van der Waals surface area contributed by atoms with E-state index in [1.165, 1.54) is 13.2 Å².